The average Bonchev–Trinajstić information content (AvgIpc) is 2.77. The number of anilines is 1. The van der Waals surface area contributed by atoms with Crippen molar-refractivity contribution in [1.29, 1.82) is 0 Å². The molecule has 2 aromatic rings. The van der Waals surface area contributed by atoms with E-state index in [4.69, 9.17) is 0 Å². The molecular formula is C25H22BrNO4. The molecule has 4 bridgehead atoms. The van der Waals surface area contributed by atoms with Gasteiger partial charge in [0, 0.05) is 40.8 Å². The van der Waals surface area contributed by atoms with Crippen molar-refractivity contribution >= 4 is 44.9 Å². The van der Waals surface area contributed by atoms with Gasteiger partial charge >= 0.3 is 0 Å². The van der Waals surface area contributed by atoms with Gasteiger partial charge in [0.05, 0.1) is 11.6 Å². The van der Waals surface area contributed by atoms with Crippen molar-refractivity contribution in [2.75, 3.05) is 11.9 Å². The quantitative estimate of drug-likeness (QED) is 0.574. The molecule has 0 saturated heterocycles. The Balaban J connectivity index is 1.90. The van der Waals surface area contributed by atoms with E-state index in [0.29, 0.717) is 11.3 Å². The second kappa shape index (κ2) is 6.45. The molecule has 0 spiro atoms. The SMILES string of the molecule is CN1C(=O)[C@@H]2[C@@H](c3ccccc3Br)[C@H]3C(=O)C[C@]2(C)C(=O)[C@@]3(C)C(=O)c2ccccc21. The van der Waals surface area contributed by atoms with Crippen molar-refractivity contribution in [1.82, 2.24) is 0 Å². The van der Waals surface area contributed by atoms with Crippen LogP contribution in [0.1, 0.15) is 42.1 Å². The topological polar surface area (TPSA) is 71.5 Å². The van der Waals surface area contributed by atoms with Gasteiger partial charge in [-0.15, -0.1) is 0 Å². The molecule has 0 radical (unpaired) electrons. The van der Waals surface area contributed by atoms with E-state index >= 15 is 0 Å². The summed E-state index contributed by atoms with van der Waals surface area (Å²) in [5.41, 5.74) is -1.20. The van der Waals surface area contributed by atoms with Gasteiger partial charge in [-0.25, -0.2) is 0 Å². The molecule has 0 N–H and O–H groups in total. The van der Waals surface area contributed by atoms with Gasteiger partial charge in [0.2, 0.25) is 5.91 Å². The Morgan fingerprint density at radius 3 is 2.29 bits per heavy atom. The number of amides is 1. The molecule has 5 nitrogen and oxygen atoms in total. The highest BCUT2D eigenvalue weighted by Crippen LogP contribution is 2.65. The summed E-state index contributed by atoms with van der Waals surface area (Å²) in [5, 5.41) is 0. The van der Waals surface area contributed by atoms with Gasteiger partial charge in [-0.2, -0.15) is 0 Å². The van der Waals surface area contributed by atoms with E-state index in [1.807, 2.05) is 24.3 Å². The Hall–Kier alpha value is -2.60. The van der Waals surface area contributed by atoms with Gasteiger partial charge in [-0.1, -0.05) is 53.2 Å². The number of carbonyl (C=O) groups is 4. The van der Waals surface area contributed by atoms with Crippen LogP contribution in [-0.4, -0.2) is 30.3 Å². The maximum Gasteiger partial charge on any atom is 0.231 e. The summed E-state index contributed by atoms with van der Waals surface area (Å²) in [6, 6.07) is 14.3. The smallest absolute Gasteiger partial charge is 0.231 e. The van der Waals surface area contributed by atoms with Crippen LogP contribution < -0.4 is 4.90 Å². The van der Waals surface area contributed by atoms with Crippen LogP contribution in [0.15, 0.2) is 53.0 Å². The largest absolute Gasteiger partial charge is 0.314 e. The molecule has 2 aliphatic heterocycles. The molecule has 0 aromatic heterocycles. The van der Waals surface area contributed by atoms with Crippen LogP contribution in [0.4, 0.5) is 5.69 Å². The summed E-state index contributed by atoms with van der Waals surface area (Å²) in [5.74, 6) is -3.23. The van der Waals surface area contributed by atoms with Crippen molar-refractivity contribution in [3.63, 3.8) is 0 Å². The lowest BCUT2D eigenvalue weighted by molar-refractivity contribution is -0.171. The Labute approximate surface area is 188 Å². The van der Waals surface area contributed by atoms with E-state index in [-0.39, 0.29) is 29.7 Å². The molecule has 3 saturated carbocycles. The fourth-order valence-corrected chi connectivity index (χ4v) is 6.90. The first-order chi connectivity index (χ1) is 14.6. The molecule has 5 atom stereocenters. The number of rotatable bonds is 1. The van der Waals surface area contributed by atoms with Crippen LogP contribution in [0.2, 0.25) is 0 Å². The molecule has 3 aliphatic carbocycles. The average molecular weight is 480 g/mol. The molecule has 31 heavy (non-hydrogen) atoms. The van der Waals surface area contributed by atoms with Crippen molar-refractivity contribution in [2.24, 2.45) is 22.7 Å². The number of Topliss-reactive ketones (excluding diaryl/α,β-unsaturated/α-hetero) is 3. The summed E-state index contributed by atoms with van der Waals surface area (Å²) in [4.78, 5) is 56.9. The minimum atomic E-state index is -1.53. The molecule has 158 valence electrons. The molecule has 6 heteroatoms. The fourth-order valence-electron chi connectivity index (χ4n) is 6.35. The summed E-state index contributed by atoms with van der Waals surface area (Å²) in [6.07, 6.45) is -0.0130. The summed E-state index contributed by atoms with van der Waals surface area (Å²) < 4.78 is 0.767. The Kier molecular flexibility index (Phi) is 4.23. The Morgan fingerprint density at radius 1 is 0.935 bits per heavy atom. The maximum atomic E-state index is 14.0. The van der Waals surface area contributed by atoms with Crippen LogP contribution >= 0.6 is 15.9 Å². The molecule has 3 fully saturated rings. The zero-order chi connectivity index (χ0) is 22.3. The Morgan fingerprint density at radius 2 is 1.58 bits per heavy atom. The molecule has 7 rings (SSSR count). The third-order valence-corrected chi connectivity index (χ3v) is 8.47. The minimum absolute atomic E-state index is 0.0130. The lowest BCUT2D eigenvalue weighted by Crippen LogP contribution is -2.69. The van der Waals surface area contributed by atoms with Crippen molar-refractivity contribution in [3.8, 4) is 0 Å². The van der Waals surface area contributed by atoms with E-state index < -0.39 is 28.6 Å². The predicted octanol–water partition coefficient (Wildman–Crippen LogP) is 4.19. The predicted molar refractivity (Wildman–Crippen MR) is 119 cm³/mol. The summed E-state index contributed by atoms with van der Waals surface area (Å²) >= 11 is 3.58. The second-order valence-corrected chi connectivity index (χ2v) is 10.2. The van der Waals surface area contributed by atoms with Crippen LogP contribution in [0.5, 0.6) is 0 Å². The van der Waals surface area contributed by atoms with Gasteiger partial charge in [0.15, 0.2) is 11.6 Å². The first-order valence-corrected chi connectivity index (χ1v) is 11.2. The first kappa shape index (κ1) is 20.3. The van der Waals surface area contributed by atoms with Gasteiger partial charge in [-0.3, -0.25) is 19.2 Å². The molecule has 0 unspecified atom stereocenters. The van der Waals surface area contributed by atoms with Crippen molar-refractivity contribution in [2.45, 2.75) is 26.2 Å². The number of nitrogens with zero attached hydrogens (tertiary/aromatic N) is 1. The molecule has 2 heterocycles. The van der Waals surface area contributed by atoms with Crippen LogP contribution in [0.3, 0.4) is 0 Å². The number of carbonyl (C=O) groups excluding carboxylic acids is 4. The molecule has 2 aromatic carbocycles. The monoisotopic (exact) mass is 479 g/mol. The Bertz CT molecular complexity index is 1190. The number of halogens is 1. The van der Waals surface area contributed by atoms with E-state index in [2.05, 4.69) is 15.9 Å². The number of benzene rings is 2. The van der Waals surface area contributed by atoms with Crippen LogP contribution in [0, 0.1) is 22.7 Å². The number of fused-ring (bicyclic) bond motifs is 2. The normalized spacial score (nSPS) is 34.5. The summed E-state index contributed by atoms with van der Waals surface area (Å²) in [7, 11) is 1.65. The van der Waals surface area contributed by atoms with Gasteiger partial charge < -0.3 is 4.90 Å². The molecular weight excluding hydrogens is 458 g/mol. The molecule has 1 amide bonds. The number of ketones is 3. The fraction of sp³-hybridized carbons (Fsp3) is 0.360. The zero-order valence-corrected chi connectivity index (χ0v) is 19.1. The van der Waals surface area contributed by atoms with E-state index in [9.17, 15) is 19.2 Å². The molecule has 5 aliphatic rings. The van der Waals surface area contributed by atoms with Gasteiger partial charge in [-0.05, 0) is 30.7 Å². The number of para-hydroxylation sites is 1. The lowest BCUT2D eigenvalue weighted by Gasteiger charge is -2.58. The maximum absolute atomic E-state index is 14.0. The van der Waals surface area contributed by atoms with Crippen molar-refractivity contribution in [3.05, 3.63) is 64.1 Å². The highest BCUT2D eigenvalue weighted by Gasteiger charge is 2.73. The zero-order valence-electron chi connectivity index (χ0n) is 17.5. The van der Waals surface area contributed by atoms with E-state index in [0.717, 1.165) is 10.0 Å². The van der Waals surface area contributed by atoms with E-state index in [1.54, 1.807) is 45.2 Å². The van der Waals surface area contributed by atoms with Crippen molar-refractivity contribution < 1.29 is 19.2 Å². The standard InChI is InChI=1S/C25H22BrNO4/c1-24-12-17(28)19-18(13-8-4-6-10-15(13)26)20(24)22(30)27(3)16-11-7-5-9-14(16)21(29)25(19,2)23(24)31/h4-11,18-20H,12H2,1-3H3/t18-,19+,20-,24-,25+/m0/s1. The third kappa shape index (κ3) is 2.37. The number of hydrogen-bond donors (Lipinski definition) is 0. The minimum Gasteiger partial charge on any atom is -0.314 e. The van der Waals surface area contributed by atoms with Gasteiger partial charge in [0.1, 0.15) is 11.2 Å². The van der Waals surface area contributed by atoms with Gasteiger partial charge in [0.25, 0.3) is 0 Å². The number of hydrogen-bond acceptors (Lipinski definition) is 4. The van der Waals surface area contributed by atoms with E-state index in [1.165, 1.54) is 4.90 Å². The second-order valence-electron chi connectivity index (χ2n) is 9.34. The summed E-state index contributed by atoms with van der Waals surface area (Å²) in [6.45, 7) is 3.31. The first-order valence-electron chi connectivity index (χ1n) is 10.4. The highest BCUT2D eigenvalue weighted by atomic mass is 79.9. The van der Waals surface area contributed by atoms with Crippen LogP contribution in [-0.2, 0) is 14.4 Å². The van der Waals surface area contributed by atoms with Crippen LogP contribution in [0.25, 0.3) is 0 Å². The lowest BCUT2D eigenvalue weighted by atomic mass is 9.40. The third-order valence-electron chi connectivity index (χ3n) is 7.75. The highest BCUT2D eigenvalue weighted by molar-refractivity contribution is 9.10.